The Hall–Kier alpha value is -1.15. The lowest BCUT2D eigenvalue weighted by Crippen LogP contribution is -2.34. The van der Waals surface area contributed by atoms with Gasteiger partial charge in [0.2, 0.25) is 0 Å². The van der Waals surface area contributed by atoms with Crippen LogP contribution in [0.4, 0.5) is 0 Å². The van der Waals surface area contributed by atoms with E-state index in [0.29, 0.717) is 18.5 Å². The second-order valence-electron chi connectivity index (χ2n) is 6.26. The molecule has 0 saturated carbocycles. The van der Waals surface area contributed by atoms with E-state index in [1.54, 1.807) is 0 Å². The van der Waals surface area contributed by atoms with Crippen LogP contribution in [0.2, 0.25) is 0 Å². The Labute approximate surface area is 124 Å². The van der Waals surface area contributed by atoms with E-state index in [2.05, 4.69) is 44.7 Å². The Morgan fingerprint density at radius 2 is 1.75 bits per heavy atom. The largest absolute Gasteiger partial charge is 0.296 e. The quantitative estimate of drug-likeness (QED) is 0.663. The van der Waals surface area contributed by atoms with Crippen LogP contribution in [0.1, 0.15) is 56.5 Å². The lowest BCUT2D eigenvalue weighted by atomic mass is 10.0. The molecule has 0 N–H and O–H groups in total. The SMILES string of the molecule is CCCc1ccc(C(=O)CN(C)C(C)CC(C)C)cc1. The van der Waals surface area contributed by atoms with E-state index in [0.717, 1.165) is 24.8 Å². The Bertz CT molecular complexity index is 408. The number of rotatable bonds is 8. The van der Waals surface area contributed by atoms with Gasteiger partial charge in [-0.15, -0.1) is 0 Å². The molecule has 0 radical (unpaired) electrons. The monoisotopic (exact) mass is 275 g/mol. The summed E-state index contributed by atoms with van der Waals surface area (Å²) < 4.78 is 0. The highest BCUT2D eigenvalue weighted by Crippen LogP contribution is 2.12. The van der Waals surface area contributed by atoms with Crippen molar-refractivity contribution in [2.24, 2.45) is 5.92 Å². The zero-order valence-corrected chi connectivity index (χ0v) is 13.6. The van der Waals surface area contributed by atoms with E-state index in [4.69, 9.17) is 0 Å². The van der Waals surface area contributed by atoms with Crippen molar-refractivity contribution >= 4 is 5.78 Å². The van der Waals surface area contributed by atoms with Crippen molar-refractivity contribution in [2.45, 2.75) is 53.0 Å². The van der Waals surface area contributed by atoms with Crippen LogP contribution >= 0.6 is 0 Å². The summed E-state index contributed by atoms with van der Waals surface area (Å²) in [7, 11) is 2.04. The van der Waals surface area contributed by atoms with Crippen LogP contribution in [0.3, 0.4) is 0 Å². The standard InChI is InChI=1S/C18H29NO/c1-6-7-16-8-10-17(11-9-16)18(20)13-19(5)15(4)12-14(2)3/h8-11,14-15H,6-7,12-13H2,1-5H3. The van der Waals surface area contributed by atoms with Crippen molar-refractivity contribution in [1.29, 1.82) is 0 Å². The maximum atomic E-state index is 12.3. The third-order valence-electron chi connectivity index (χ3n) is 3.77. The molecule has 0 fully saturated rings. The first-order chi connectivity index (χ1) is 9.43. The zero-order valence-electron chi connectivity index (χ0n) is 13.6. The van der Waals surface area contributed by atoms with Gasteiger partial charge in [0, 0.05) is 11.6 Å². The highest BCUT2D eigenvalue weighted by atomic mass is 16.1. The number of hydrogen-bond donors (Lipinski definition) is 0. The molecule has 0 bridgehead atoms. The molecule has 0 spiro atoms. The van der Waals surface area contributed by atoms with Crippen LogP contribution in [-0.2, 0) is 6.42 Å². The minimum atomic E-state index is 0.214. The summed E-state index contributed by atoms with van der Waals surface area (Å²) in [4.78, 5) is 14.4. The third-order valence-corrected chi connectivity index (χ3v) is 3.77. The second-order valence-corrected chi connectivity index (χ2v) is 6.26. The van der Waals surface area contributed by atoms with Crippen molar-refractivity contribution < 1.29 is 4.79 Å². The number of aryl methyl sites for hydroxylation is 1. The first kappa shape index (κ1) is 16.9. The normalized spacial score (nSPS) is 12.9. The smallest absolute Gasteiger partial charge is 0.176 e. The molecule has 1 rings (SSSR count). The fraction of sp³-hybridized carbons (Fsp3) is 0.611. The van der Waals surface area contributed by atoms with Crippen LogP contribution in [0, 0.1) is 5.92 Å². The van der Waals surface area contributed by atoms with Crippen molar-refractivity contribution in [3.05, 3.63) is 35.4 Å². The van der Waals surface area contributed by atoms with Gasteiger partial charge < -0.3 is 0 Å². The lowest BCUT2D eigenvalue weighted by Gasteiger charge is -2.25. The van der Waals surface area contributed by atoms with Gasteiger partial charge in [-0.25, -0.2) is 0 Å². The molecule has 1 atom stereocenters. The van der Waals surface area contributed by atoms with Crippen molar-refractivity contribution in [1.82, 2.24) is 4.90 Å². The number of carbonyl (C=O) groups is 1. The Morgan fingerprint density at radius 1 is 1.15 bits per heavy atom. The van der Waals surface area contributed by atoms with Gasteiger partial charge in [-0.3, -0.25) is 9.69 Å². The Balaban J connectivity index is 2.57. The number of benzene rings is 1. The van der Waals surface area contributed by atoms with Crippen LogP contribution < -0.4 is 0 Å². The average Bonchev–Trinajstić information content (AvgIpc) is 2.39. The van der Waals surface area contributed by atoms with E-state index in [9.17, 15) is 4.79 Å². The molecule has 0 aliphatic rings. The molecule has 112 valence electrons. The third kappa shape index (κ3) is 5.46. The molecular formula is C18H29NO. The van der Waals surface area contributed by atoms with E-state index in [1.807, 2.05) is 19.2 Å². The summed E-state index contributed by atoms with van der Waals surface area (Å²) in [6.45, 7) is 9.31. The van der Waals surface area contributed by atoms with Gasteiger partial charge in [0.05, 0.1) is 6.54 Å². The Morgan fingerprint density at radius 3 is 2.25 bits per heavy atom. The van der Waals surface area contributed by atoms with Gasteiger partial charge in [-0.1, -0.05) is 51.5 Å². The molecule has 2 nitrogen and oxygen atoms in total. The summed E-state index contributed by atoms with van der Waals surface area (Å²) in [6.07, 6.45) is 3.35. The second kappa shape index (κ2) is 8.21. The number of nitrogens with zero attached hydrogens (tertiary/aromatic N) is 1. The van der Waals surface area contributed by atoms with Crippen molar-refractivity contribution in [3.8, 4) is 0 Å². The molecule has 0 aromatic heterocycles. The molecule has 0 aliphatic heterocycles. The highest BCUT2D eigenvalue weighted by Gasteiger charge is 2.15. The molecular weight excluding hydrogens is 246 g/mol. The number of ketones is 1. The molecule has 0 saturated heterocycles. The predicted octanol–water partition coefficient (Wildman–Crippen LogP) is 4.19. The number of Topliss-reactive ketones (excluding diaryl/α,β-unsaturated/α-hetero) is 1. The highest BCUT2D eigenvalue weighted by molar-refractivity contribution is 5.97. The fourth-order valence-corrected chi connectivity index (χ4v) is 2.48. The van der Waals surface area contributed by atoms with Crippen LogP contribution in [0.25, 0.3) is 0 Å². The van der Waals surface area contributed by atoms with Gasteiger partial charge >= 0.3 is 0 Å². The zero-order chi connectivity index (χ0) is 15.1. The number of hydrogen-bond acceptors (Lipinski definition) is 2. The summed E-state index contributed by atoms with van der Waals surface area (Å²) in [5, 5.41) is 0. The van der Waals surface area contributed by atoms with E-state index >= 15 is 0 Å². The molecule has 0 amide bonds. The summed E-state index contributed by atoms with van der Waals surface area (Å²) in [5.74, 6) is 0.877. The molecule has 0 heterocycles. The fourth-order valence-electron chi connectivity index (χ4n) is 2.48. The van der Waals surface area contributed by atoms with Crippen LogP contribution in [0.15, 0.2) is 24.3 Å². The molecule has 1 aromatic carbocycles. The maximum absolute atomic E-state index is 12.3. The van der Waals surface area contributed by atoms with Crippen molar-refractivity contribution in [3.63, 3.8) is 0 Å². The van der Waals surface area contributed by atoms with Crippen molar-refractivity contribution in [2.75, 3.05) is 13.6 Å². The van der Waals surface area contributed by atoms with Crippen LogP contribution in [0.5, 0.6) is 0 Å². The van der Waals surface area contributed by atoms with Gasteiger partial charge in [0.15, 0.2) is 5.78 Å². The van der Waals surface area contributed by atoms with Gasteiger partial charge in [-0.2, -0.15) is 0 Å². The summed E-state index contributed by atoms with van der Waals surface area (Å²) >= 11 is 0. The van der Waals surface area contributed by atoms with Crippen LogP contribution in [-0.4, -0.2) is 30.3 Å². The molecule has 1 unspecified atom stereocenters. The Kier molecular flexibility index (Phi) is 6.94. The number of carbonyl (C=O) groups excluding carboxylic acids is 1. The van der Waals surface area contributed by atoms with E-state index in [-0.39, 0.29) is 5.78 Å². The van der Waals surface area contributed by atoms with Gasteiger partial charge in [-0.05, 0) is 38.3 Å². The predicted molar refractivity (Wildman–Crippen MR) is 86.3 cm³/mol. The first-order valence-corrected chi connectivity index (χ1v) is 7.76. The van der Waals surface area contributed by atoms with Gasteiger partial charge in [0.1, 0.15) is 0 Å². The first-order valence-electron chi connectivity index (χ1n) is 7.76. The van der Waals surface area contributed by atoms with Gasteiger partial charge in [0.25, 0.3) is 0 Å². The minimum absolute atomic E-state index is 0.214. The summed E-state index contributed by atoms with van der Waals surface area (Å²) in [6, 6.07) is 8.53. The van der Waals surface area contributed by atoms with E-state index in [1.165, 1.54) is 5.56 Å². The summed E-state index contributed by atoms with van der Waals surface area (Å²) in [5.41, 5.74) is 2.14. The molecule has 1 aromatic rings. The lowest BCUT2D eigenvalue weighted by molar-refractivity contribution is 0.0916. The average molecular weight is 275 g/mol. The minimum Gasteiger partial charge on any atom is -0.296 e. The maximum Gasteiger partial charge on any atom is 0.176 e. The molecule has 20 heavy (non-hydrogen) atoms. The molecule has 0 aliphatic carbocycles. The topological polar surface area (TPSA) is 20.3 Å². The molecule has 2 heteroatoms. The number of likely N-dealkylation sites (N-methyl/N-ethyl adjacent to an activating group) is 1. The van der Waals surface area contributed by atoms with E-state index < -0.39 is 0 Å².